The van der Waals surface area contributed by atoms with Crippen LogP contribution in [0.25, 0.3) is 6.08 Å². The molecule has 2 aromatic carbocycles. The number of fused-ring (bicyclic) bond motifs is 1. The monoisotopic (exact) mass is 510 g/mol. The van der Waals surface area contributed by atoms with Gasteiger partial charge in [-0.05, 0) is 62.2 Å². The Labute approximate surface area is 202 Å². The highest BCUT2D eigenvalue weighted by Crippen LogP contribution is 2.39. The van der Waals surface area contributed by atoms with Crippen LogP contribution in [0, 0.1) is 13.8 Å². The minimum atomic E-state index is -4.81. The van der Waals surface area contributed by atoms with Gasteiger partial charge in [0.15, 0.2) is 6.29 Å². The van der Waals surface area contributed by atoms with Gasteiger partial charge in [-0.3, -0.25) is 4.79 Å². The summed E-state index contributed by atoms with van der Waals surface area (Å²) in [4.78, 5) is 43.8. The number of carbonyl (C=O) groups is 4. The molecule has 12 heteroatoms. The lowest BCUT2D eigenvalue weighted by Gasteiger charge is -2.29. The van der Waals surface area contributed by atoms with Gasteiger partial charge in [0.1, 0.15) is 11.5 Å². The molecule has 3 rings (SSSR count). The Hall–Kier alpha value is -4.35. The molecule has 0 saturated carbocycles. The van der Waals surface area contributed by atoms with E-state index < -0.39 is 35.8 Å². The topological polar surface area (TPSA) is 147 Å². The lowest BCUT2D eigenvalue weighted by molar-refractivity contribution is -0.188. The first-order chi connectivity index (χ1) is 16.7. The summed E-state index contributed by atoms with van der Waals surface area (Å²) in [7, 11) is 0. The molecular weight excluding hydrogens is 489 g/mol. The lowest BCUT2D eigenvalue weighted by atomic mass is 9.97. The van der Waals surface area contributed by atoms with Crippen LogP contribution < -0.4 is 4.74 Å². The lowest BCUT2D eigenvalue weighted by Crippen LogP contribution is -2.41. The smallest absolute Gasteiger partial charge is 0.430 e. The molecule has 0 bridgehead atoms. The largest absolute Gasteiger partial charge is 0.507 e. The third-order valence-corrected chi connectivity index (χ3v) is 4.89. The number of phenolic OH excluding ortho intramolecular Hbond substituents is 1. The molecule has 1 unspecified atom stereocenters. The van der Waals surface area contributed by atoms with Crippen LogP contribution in [0.4, 0.5) is 13.2 Å². The van der Waals surface area contributed by atoms with E-state index in [4.69, 9.17) is 14.9 Å². The molecule has 0 saturated heterocycles. The fourth-order valence-corrected chi connectivity index (χ4v) is 3.26. The zero-order chi connectivity index (χ0) is 27.4. The predicted octanol–water partition coefficient (Wildman–Crippen LogP) is 4.17. The van der Waals surface area contributed by atoms with Crippen molar-refractivity contribution in [1.82, 2.24) is 0 Å². The molecular formula is C24H21F3O9. The van der Waals surface area contributed by atoms with Crippen LogP contribution in [0.3, 0.4) is 0 Å². The highest BCUT2D eigenvalue weighted by molar-refractivity contribution is 5.97. The summed E-state index contributed by atoms with van der Waals surface area (Å²) in [6, 6.07) is 4.80. The number of carboxylic acid groups (broad SMARTS) is 2. The number of hydrogen-bond acceptors (Lipinski definition) is 7. The van der Waals surface area contributed by atoms with Crippen molar-refractivity contribution in [3.05, 3.63) is 63.2 Å². The number of hydrogen-bond donors (Lipinski definition) is 3. The van der Waals surface area contributed by atoms with E-state index >= 15 is 0 Å². The number of aryl methyl sites for hydroxylation is 2. The van der Waals surface area contributed by atoms with Crippen molar-refractivity contribution in [2.45, 2.75) is 33.1 Å². The molecule has 0 aliphatic carbocycles. The quantitative estimate of drug-likeness (QED) is 0.398. The van der Waals surface area contributed by atoms with Gasteiger partial charge in [0, 0.05) is 5.56 Å². The van der Waals surface area contributed by atoms with E-state index in [1.807, 2.05) is 0 Å². The van der Waals surface area contributed by atoms with Crippen molar-refractivity contribution < 1.29 is 57.1 Å². The van der Waals surface area contributed by atoms with Gasteiger partial charge in [-0.2, -0.15) is 13.2 Å². The highest BCUT2D eigenvalue weighted by atomic mass is 19.4. The number of halogens is 3. The molecule has 2 aromatic rings. The van der Waals surface area contributed by atoms with Gasteiger partial charge >= 0.3 is 24.1 Å². The van der Waals surface area contributed by atoms with Crippen molar-refractivity contribution in [1.29, 1.82) is 0 Å². The van der Waals surface area contributed by atoms with Crippen molar-refractivity contribution in [3.8, 4) is 11.5 Å². The van der Waals surface area contributed by atoms with E-state index in [1.165, 1.54) is 32.9 Å². The fraction of sp³-hybridized carbons (Fsp3) is 0.250. The average Bonchev–Trinajstić information content (AvgIpc) is 2.79. The molecule has 0 amide bonds. The molecule has 36 heavy (non-hydrogen) atoms. The summed E-state index contributed by atoms with van der Waals surface area (Å²) in [5.41, 5.74) is -0.139. The number of phenols is 1. The third-order valence-electron chi connectivity index (χ3n) is 4.89. The number of aldehydes is 1. The molecule has 0 aromatic heterocycles. The number of ether oxygens (including phenoxy) is 2. The molecule has 1 aliphatic rings. The summed E-state index contributed by atoms with van der Waals surface area (Å²) in [5.74, 6) is -3.78. The summed E-state index contributed by atoms with van der Waals surface area (Å²) in [6.45, 7) is 4.34. The predicted molar refractivity (Wildman–Crippen MR) is 118 cm³/mol. The maximum absolute atomic E-state index is 13.2. The van der Waals surface area contributed by atoms with Gasteiger partial charge in [0.05, 0.1) is 28.9 Å². The number of aromatic carboxylic acids is 2. The maximum atomic E-state index is 13.2. The van der Waals surface area contributed by atoms with Gasteiger partial charge in [-0.25, -0.2) is 14.4 Å². The average molecular weight is 510 g/mol. The zero-order valence-corrected chi connectivity index (χ0v) is 19.2. The molecule has 1 heterocycles. The van der Waals surface area contributed by atoms with Crippen LogP contribution in [0.15, 0.2) is 29.8 Å². The molecule has 0 spiro atoms. The molecule has 192 valence electrons. The Bertz CT molecular complexity index is 1250. The number of carboxylic acids is 2. The number of carbonyl (C=O) groups excluding carboxylic acids is 2. The van der Waals surface area contributed by atoms with E-state index in [0.717, 1.165) is 18.2 Å². The maximum Gasteiger partial charge on any atom is 0.430 e. The van der Waals surface area contributed by atoms with Gasteiger partial charge in [-0.15, -0.1) is 0 Å². The van der Waals surface area contributed by atoms with Crippen LogP contribution in [-0.4, -0.2) is 58.4 Å². The second-order valence-corrected chi connectivity index (χ2v) is 7.53. The Kier molecular flexibility index (Phi) is 8.47. The minimum absolute atomic E-state index is 0.00241. The number of alkyl halides is 3. The standard InChI is InChI=1S/C15H13F3O5.C9H8O4/c1-3-22-14(21)10-6-8-5-9(13(19)20)4-7(2)11(8)23-12(10)15(16,17)18;1-5-2-6(9(12)13)3-7(4-10)8(5)11/h4-6,12H,3H2,1-2H3,(H,19,20);2-4,11H,1H3,(H,12,13). The van der Waals surface area contributed by atoms with Crippen molar-refractivity contribution in [2.75, 3.05) is 6.61 Å². The Balaban J connectivity index is 0.000000297. The second-order valence-electron chi connectivity index (χ2n) is 7.53. The third kappa shape index (κ3) is 6.20. The first kappa shape index (κ1) is 27.9. The molecule has 1 atom stereocenters. The summed E-state index contributed by atoms with van der Waals surface area (Å²) in [5, 5.41) is 26.9. The van der Waals surface area contributed by atoms with Gasteiger partial charge in [0.25, 0.3) is 0 Å². The van der Waals surface area contributed by atoms with Crippen molar-refractivity contribution in [3.63, 3.8) is 0 Å². The molecule has 0 radical (unpaired) electrons. The SMILES string of the molecule is CCOC(=O)C1=Cc2cc(C(=O)O)cc(C)c2OC1C(F)(F)F.Cc1cc(C(=O)O)cc(C=O)c1O. The van der Waals surface area contributed by atoms with E-state index in [1.54, 1.807) is 0 Å². The van der Waals surface area contributed by atoms with E-state index in [9.17, 15) is 37.5 Å². The molecule has 9 nitrogen and oxygen atoms in total. The minimum Gasteiger partial charge on any atom is -0.507 e. The van der Waals surface area contributed by atoms with Crippen molar-refractivity contribution in [2.24, 2.45) is 0 Å². The molecule has 1 aliphatic heterocycles. The van der Waals surface area contributed by atoms with Crippen LogP contribution >= 0.6 is 0 Å². The van der Waals surface area contributed by atoms with E-state index in [2.05, 4.69) is 4.74 Å². The van der Waals surface area contributed by atoms with Gasteiger partial charge in [0.2, 0.25) is 6.10 Å². The van der Waals surface area contributed by atoms with Crippen LogP contribution in [0.2, 0.25) is 0 Å². The summed E-state index contributed by atoms with van der Waals surface area (Å²) in [6.07, 6.45) is -5.87. The zero-order valence-electron chi connectivity index (χ0n) is 19.2. The number of benzene rings is 2. The van der Waals surface area contributed by atoms with Crippen LogP contribution in [-0.2, 0) is 9.53 Å². The molecule has 3 N–H and O–H groups in total. The summed E-state index contributed by atoms with van der Waals surface area (Å²) < 4.78 is 49.1. The van der Waals surface area contributed by atoms with E-state index in [0.29, 0.717) is 11.8 Å². The normalized spacial score (nSPS) is 14.3. The Morgan fingerprint density at radius 2 is 1.58 bits per heavy atom. The highest BCUT2D eigenvalue weighted by Gasteiger charge is 2.49. The number of aromatic hydroxyl groups is 1. The van der Waals surface area contributed by atoms with E-state index in [-0.39, 0.29) is 45.9 Å². The number of rotatable bonds is 5. The summed E-state index contributed by atoms with van der Waals surface area (Å²) >= 11 is 0. The van der Waals surface area contributed by atoms with Crippen LogP contribution in [0.1, 0.15) is 54.7 Å². The van der Waals surface area contributed by atoms with Gasteiger partial charge < -0.3 is 24.8 Å². The first-order valence-electron chi connectivity index (χ1n) is 10.2. The Morgan fingerprint density at radius 3 is 2.08 bits per heavy atom. The first-order valence-corrected chi connectivity index (χ1v) is 10.2. The number of esters is 1. The van der Waals surface area contributed by atoms with Gasteiger partial charge in [-0.1, -0.05) is 0 Å². The second kappa shape index (κ2) is 10.9. The fourth-order valence-electron chi connectivity index (χ4n) is 3.26. The van der Waals surface area contributed by atoms with Crippen LogP contribution in [0.5, 0.6) is 11.5 Å². The molecule has 0 fully saturated rings. The van der Waals surface area contributed by atoms with Crippen molar-refractivity contribution >= 4 is 30.3 Å². The Morgan fingerprint density at radius 1 is 1.03 bits per heavy atom.